The summed E-state index contributed by atoms with van der Waals surface area (Å²) in [5.74, 6) is -0.315. The number of carbonyl (C=O) groups excluding carboxylic acids is 1. The van der Waals surface area contributed by atoms with Crippen LogP contribution in [0.5, 0.6) is 5.75 Å². The second kappa shape index (κ2) is 10.2. The maximum atomic E-state index is 10.2. The van der Waals surface area contributed by atoms with Crippen LogP contribution in [0.25, 0.3) is 0 Å². The minimum atomic E-state index is -1.12. The number of benzene rings is 1. The number of hydrogen-bond acceptors (Lipinski definition) is 4. The van der Waals surface area contributed by atoms with E-state index in [0.29, 0.717) is 0 Å². The number of anilines is 1. The van der Waals surface area contributed by atoms with Gasteiger partial charge in [-0.15, -0.1) is 0 Å². The molecule has 0 unspecified atom stereocenters. The van der Waals surface area contributed by atoms with Gasteiger partial charge in [0, 0.05) is 5.69 Å². The summed E-state index contributed by atoms with van der Waals surface area (Å²) in [6, 6.07) is 7.23. The smallest absolute Gasteiger partial charge is 0.548 e. The third-order valence-corrected chi connectivity index (χ3v) is 2.31. The molecule has 0 saturated carbocycles. The number of aliphatic carboxylic acids is 1. The van der Waals surface area contributed by atoms with Crippen LogP contribution in [0.4, 0.5) is 5.69 Å². The fourth-order valence-corrected chi connectivity index (χ4v) is 1.39. The number of carboxylic acids is 1. The first kappa shape index (κ1) is 17.3. The maximum absolute atomic E-state index is 10.2. The van der Waals surface area contributed by atoms with E-state index < -0.39 is 5.97 Å². The molecule has 0 bridgehead atoms. The Morgan fingerprint density at radius 3 is 2.50 bits per heavy atom. The molecule has 0 fully saturated rings. The van der Waals surface area contributed by atoms with Crippen molar-refractivity contribution in [2.45, 2.75) is 26.2 Å². The number of nitrogens with one attached hydrogen (secondary N) is 1. The van der Waals surface area contributed by atoms with Crippen molar-refractivity contribution in [1.82, 2.24) is 0 Å². The maximum Gasteiger partial charge on any atom is 1.00 e. The van der Waals surface area contributed by atoms with Gasteiger partial charge in [0.15, 0.2) is 0 Å². The zero-order chi connectivity index (χ0) is 12.5. The van der Waals surface area contributed by atoms with E-state index in [1.54, 1.807) is 12.1 Å². The van der Waals surface area contributed by atoms with Gasteiger partial charge >= 0.3 is 29.6 Å². The molecule has 0 heterocycles. The Kier molecular flexibility index (Phi) is 9.83. The molecule has 5 heteroatoms. The second-order valence-electron chi connectivity index (χ2n) is 3.81. The van der Waals surface area contributed by atoms with Crippen LogP contribution in [-0.4, -0.2) is 19.1 Å². The fraction of sp³-hybridized carbons (Fsp3) is 0.462. The van der Waals surface area contributed by atoms with Gasteiger partial charge < -0.3 is 20.0 Å². The van der Waals surface area contributed by atoms with Crippen molar-refractivity contribution in [3.05, 3.63) is 24.3 Å². The molecule has 4 nitrogen and oxygen atoms in total. The Balaban J connectivity index is 0.00000289. The summed E-state index contributed by atoms with van der Waals surface area (Å²) >= 11 is 0. The average molecular weight is 259 g/mol. The molecular weight excluding hydrogens is 241 g/mol. The van der Waals surface area contributed by atoms with Crippen LogP contribution in [0.15, 0.2) is 24.3 Å². The predicted octanol–water partition coefficient (Wildman–Crippen LogP) is -1.58. The molecule has 1 aromatic rings. The van der Waals surface area contributed by atoms with Crippen molar-refractivity contribution in [3.8, 4) is 5.75 Å². The normalized spacial score (nSPS) is 9.39. The summed E-state index contributed by atoms with van der Waals surface area (Å²) in [4.78, 5) is 10.2. The van der Waals surface area contributed by atoms with E-state index in [4.69, 9.17) is 4.74 Å². The van der Waals surface area contributed by atoms with Crippen molar-refractivity contribution in [1.29, 1.82) is 0 Å². The first-order valence-electron chi connectivity index (χ1n) is 5.89. The molecule has 0 spiro atoms. The molecule has 1 N–H and O–H groups in total. The third-order valence-electron chi connectivity index (χ3n) is 2.31. The molecule has 94 valence electrons. The van der Waals surface area contributed by atoms with Crippen LogP contribution in [0.3, 0.4) is 0 Å². The van der Waals surface area contributed by atoms with Gasteiger partial charge in [-0.2, -0.15) is 0 Å². The first-order valence-corrected chi connectivity index (χ1v) is 5.89. The van der Waals surface area contributed by atoms with Crippen LogP contribution in [0, 0.1) is 0 Å². The van der Waals surface area contributed by atoms with E-state index in [-0.39, 0.29) is 36.1 Å². The summed E-state index contributed by atoms with van der Waals surface area (Å²) in [6.07, 6.45) is 3.40. The predicted molar refractivity (Wildman–Crippen MR) is 65.0 cm³/mol. The Hall–Kier alpha value is -0.710. The summed E-state index contributed by atoms with van der Waals surface area (Å²) in [5.41, 5.74) is 0.745. The number of hydrogen-bond donors (Lipinski definition) is 1. The van der Waals surface area contributed by atoms with Gasteiger partial charge in [0.05, 0.1) is 19.1 Å². The minimum absolute atomic E-state index is 0. The molecule has 0 saturated heterocycles. The zero-order valence-electron chi connectivity index (χ0n) is 11.1. The summed E-state index contributed by atoms with van der Waals surface area (Å²) < 4.78 is 5.53. The van der Waals surface area contributed by atoms with Crippen molar-refractivity contribution in [2.24, 2.45) is 0 Å². The molecule has 0 amide bonds. The van der Waals surface area contributed by atoms with Gasteiger partial charge in [0.1, 0.15) is 5.75 Å². The second-order valence-corrected chi connectivity index (χ2v) is 3.81. The van der Waals surface area contributed by atoms with Crippen molar-refractivity contribution in [2.75, 3.05) is 18.5 Å². The molecule has 18 heavy (non-hydrogen) atoms. The van der Waals surface area contributed by atoms with Crippen LogP contribution in [-0.2, 0) is 4.79 Å². The molecular formula is C13H18NNaO3. The van der Waals surface area contributed by atoms with Gasteiger partial charge in [-0.3, -0.25) is 0 Å². The van der Waals surface area contributed by atoms with Gasteiger partial charge in [-0.05, 0) is 30.7 Å². The van der Waals surface area contributed by atoms with E-state index in [2.05, 4.69) is 12.2 Å². The quantitative estimate of drug-likeness (QED) is 0.452. The summed E-state index contributed by atoms with van der Waals surface area (Å²) in [5, 5.41) is 13.0. The van der Waals surface area contributed by atoms with Crippen molar-refractivity contribution < 1.29 is 44.2 Å². The Morgan fingerprint density at radius 1 is 1.28 bits per heavy atom. The minimum Gasteiger partial charge on any atom is -0.548 e. The SMILES string of the molecule is CCCCCOc1ccc(NCC(=O)[O-])cc1.[Na+]. The fourth-order valence-electron chi connectivity index (χ4n) is 1.39. The molecule has 0 aliphatic carbocycles. The zero-order valence-corrected chi connectivity index (χ0v) is 13.1. The van der Waals surface area contributed by atoms with E-state index in [0.717, 1.165) is 24.5 Å². The molecule has 1 rings (SSSR count). The van der Waals surface area contributed by atoms with Gasteiger partial charge in [-0.1, -0.05) is 19.8 Å². The van der Waals surface area contributed by atoms with Gasteiger partial charge in [-0.25, -0.2) is 0 Å². The summed E-state index contributed by atoms with van der Waals surface area (Å²) in [6.45, 7) is 2.69. The number of rotatable bonds is 8. The van der Waals surface area contributed by atoms with E-state index >= 15 is 0 Å². The molecule has 0 radical (unpaired) electrons. The standard InChI is InChI=1S/C13H19NO3.Na/c1-2-3-4-9-17-12-7-5-11(6-8-12)14-10-13(15)16;/h5-8,14H,2-4,9-10H2,1H3,(H,15,16);/q;+1/p-1. The Morgan fingerprint density at radius 2 is 1.94 bits per heavy atom. The van der Waals surface area contributed by atoms with E-state index in [1.807, 2.05) is 12.1 Å². The Bertz CT molecular complexity index is 341. The largest absolute Gasteiger partial charge is 1.00 e. The van der Waals surface area contributed by atoms with Crippen molar-refractivity contribution in [3.63, 3.8) is 0 Å². The topological polar surface area (TPSA) is 61.4 Å². The summed E-state index contributed by atoms with van der Waals surface area (Å²) in [7, 11) is 0. The van der Waals surface area contributed by atoms with Crippen LogP contribution < -0.4 is 44.7 Å². The number of carboxylic acid groups (broad SMARTS) is 1. The Labute approximate surface area is 130 Å². The van der Waals surface area contributed by atoms with Gasteiger partial charge in [0.2, 0.25) is 0 Å². The molecule has 0 aliphatic rings. The number of ether oxygens (including phenoxy) is 1. The van der Waals surface area contributed by atoms with Crippen molar-refractivity contribution >= 4 is 11.7 Å². The van der Waals surface area contributed by atoms with Crippen LogP contribution >= 0.6 is 0 Å². The van der Waals surface area contributed by atoms with E-state index in [9.17, 15) is 9.90 Å². The molecule has 0 aromatic heterocycles. The number of unbranched alkanes of at least 4 members (excludes halogenated alkanes) is 2. The van der Waals surface area contributed by atoms with Gasteiger partial charge in [0.25, 0.3) is 0 Å². The van der Waals surface area contributed by atoms with Crippen LogP contribution in [0.1, 0.15) is 26.2 Å². The van der Waals surface area contributed by atoms with E-state index in [1.165, 1.54) is 12.8 Å². The van der Waals surface area contributed by atoms with Crippen LogP contribution in [0.2, 0.25) is 0 Å². The third kappa shape index (κ3) is 7.58. The molecule has 1 aromatic carbocycles. The average Bonchev–Trinajstić information content (AvgIpc) is 2.33. The molecule has 0 atom stereocenters. The monoisotopic (exact) mass is 259 g/mol. The molecule has 0 aliphatic heterocycles. The first-order chi connectivity index (χ1) is 8.22. The number of carbonyl (C=O) groups is 1.